The highest BCUT2D eigenvalue weighted by Crippen LogP contribution is 2.16. The maximum absolute atomic E-state index is 13.0. The largest absolute Gasteiger partial charge is 0.484 e. The number of amides is 2. The summed E-state index contributed by atoms with van der Waals surface area (Å²) in [5.74, 6) is 0.236. The fourth-order valence-electron chi connectivity index (χ4n) is 2.77. The van der Waals surface area contributed by atoms with Crippen molar-refractivity contribution in [1.29, 1.82) is 0 Å². The molecule has 29 heavy (non-hydrogen) atoms. The van der Waals surface area contributed by atoms with Gasteiger partial charge in [0.2, 0.25) is 5.91 Å². The van der Waals surface area contributed by atoms with E-state index in [9.17, 15) is 9.59 Å². The quantitative estimate of drug-likeness (QED) is 0.600. The number of hydrogen-bond donors (Lipinski definition) is 1. The minimum Gasteiger partial charge on any atom is -0.484 e. The molecule has 2 aromatic carbocycles. The van der Waals surface area contributed by atoms with Gasteiger partial charge in [-0.3, -0.25) is 9.59 Å². The third-order valence-corrected chi connectivity index (χ3v) is 5.32. The molecule has 2 rings (SSSR count). The Morgan fingerprint density at radius 2 is 1.83 bits per heavy atom. The Kier molecular flexibility index (Phi) is 8.70. The summed E-state index contributed by atoms with van der Waals surface area (Å²) >= 11 is 3.42. The van der Waals surface area contributed by atoms with E-state index in [-0.39, 0.29) is 24.5 Å². The predicted molar refractivity (Wildman–Crippen MR) is 119 cm³/mol. The fourth-order valence-corrected chi connectivity index (χ4v) is 3.03. The van der Waals surface area contributed by atoms with Crippen LogP contribution in [0.25, 0.3) is 0 Å². The van der Waals surface area contributed by atoms with Crippen molar-refractivity contribution in [2.24, 2.45) is 0 Å². The summed E-state index contributed by atoms with van der Waals surface area (Å²) in [6.07, 6.45) is 0.829. The van der Waals surface area contributed by atoms with E-state index >= 15 is 0 Å². The number of nitrogens with zero attached hydrogens (tertiary/aromatic N) is 1. The molecule has 0 radical (unpaired) electrons. The maximum atomic E-state index is 13.0. The smallest absolute Gasteiger partial charge is 0.261 e. The number of nitrogens with one attached hydrogen (secondary N) is 1. The van der Waals surface area contributed by atoms with Crippen LogP contribution in [0.5, 0.6) is 5.75 Å². The maximum Gasteiger partial charge on any atom is 0.261 e. The molecule has 0 spiro atoms. The van der Waals surface area contributed by atoms with Crippen LogP contribution >= 0.6 is 15.9 Å². The van der Waals surface area contributed by atoms with Crippen LogP contribution in [0, 0.1) is 6.92 Å². The highest BCUT2D eigenvalue weighted by Gasteiger charge is 2.27. The van der Waals surface area contributed by atoms with Gasteiger partial charge in [-0.2, -0.15) is 0 Å². The van der Waals surface area contributed by atoms with Gasteiger partial charge in [-0.05, 0) is 62.6 Å². The van der Waals surface area contributed by atoms with Crippen molar-refractivity contribution < 1.29 is 14.3 Å². The van der Waals surface area contributed by atoms with Crippen molar-refractivity contribution in [2.75, 3.05) is 6.61 Å². The lowest BCUT2D eigenvalue weighted by Crippen LogP contribution is -2.50. The van der Waals surface area contributed by atoms with Crippen molar-refractivity contribution in [3.05, 3.63) is 64.1 Å². The van der Waals surface area contributed by atoms with Gasteiger partial charge >= 0.3 is 0 Å². The predicted octanol–water partition coefficient (Wildman–Crippen LogP) is 4.47. The summed E-state index contributed by atoms with van der Waals surface area (Å²) in [4.78, 5) is 27.2. The highest BCUT2D eigenvalue weighted by molar-refractivity contribution is 9.10. The molecule has 0 unspecified atom stereocenters. The SMILES string of the molecule is CC[C@@H](C)NC(=O)[C@@H](C)N(Cc1ccc(Br)cc1)C(=O)COc1cccc(C)c1. The zero-order valence-electron chi connectivity index (χ0n) is 17.4. The van der Waals surface area contributed by atoms with Crippen LogP contribution in [-0.2, 0) is 16.1 Å². The number of carbonyl (C=O) groups is 2. The molecule has 0 fully saturated rings. The summed E-state index contributed by atoms with van der Waals surface area (Å²) < 4.78 is 6.65. The van der Waals surface area contributed by atoms with E-state index in [1.165, 1.54) is 0 Å². The van der Waals surface area contributed by atoms with E-state index in [1.54, 1.807) is 11.8 Å². The molecule has 6 heteroatoms. The molecule has 0 bridgehead atoms. The molecule has 0 aliphatic rings. The molecule has 2 atom stereocenters. The van der Waals surface area contributed by atoms with Crippen molar-refractivity contribution in [3.8, 4) is 5.75 Å². The van der Waals surface area contributed by atoms with E-state index < -0.39 is 6.04 Å². The molecule has 0 aliphatic carbocycles. The highest BCUT2D eigenvalue weighted by atomic mass is 79.9. The van der Waals surface area contributed by atoms with E-state index in [0.29, 0.717) is 12.3 Å². The first-order chi connectivity index (χ1) is 13.8. The van der Waals surface area contributed by atoms with Crippen LogP contribution in [0.15, 0.2) is 53.0 Å². The number of benzene rings is 2. The Morgan fingerprint density at radius 1 is 1.14 bits per heavy atom. The first-order valence-corrected chi connectivity index (χ1v) is 10.6. The topological polar surface area (TPSA) is 58.6 Å². The molecule has 0 aliphatic heterocycles. The summed E-state index contributed by atoms with van der Waals surface area (Å²) in [5, 5.41) is 2.96. The molecule has 2 amide bonds. The molecule has 156 valence electrons. The lowest BCUT2D eigenvalue weighted by Gasteiger charge is -2.29. The second-order valence-corrected chi connectivity index (χ2v) is 8.16. The van der Waals surface area contributed by atoms with E-state index in [4.69, 9.17) is 4.74 Å². The van der Waals surface area contributed by atoms with Gasteiger partial charge in [0.1, 0.15) is 11.8 Å². The van der Waals surface area contributed by atoms with Crippen LogP contribution in [-0.4, -0.2) is 35.4 Å². The van der Waals surface area contributed by atoms with Gasteiger partial charge in [-0.25, -0.2) is 0 Å². The second-order valence-electron chi connectivity index (χ2n) is 7.25. The van der Waals surface area contributed by atoms with E-state index in [0.717, 1.165) is 22.0 Å². The average molecular weight is 461 g/mol. The van der Waals surface area contributed by atoms with Gasteiger partial charge in [0.15, 0.2) is 6.61 Å². The lowest BCUT2D eigenvalue weighted by atomic mass is 10.1. The molecule has 0 saturated heterocycles. The minimum atomic E-state index is -0.610. The lowest BCUT2D eigenvalue weighted by molar-refractivity contribution is -0.142. The van der Waals surface area contributed by atoms with Crippen molar-refractivity contribution in [1.82, 2.24) is 10.2 Å². The molecule has 0 heterocycles. The minimum absolute atomic E-state index is 0.0538. The number of hydrogen-bond acceptors (Lipinski definition) is 3. The second kappa shape index (κ2) is 11.0. The number of rotatable bonds is 9. The van der Waals surface area contributed by atoms with Gasteiger partial charge in [0.25, 0.3) is 5.91 Å². The van der Waals surface area contributed by atoms with Gasteiger partial charge in [-0.15, -0.1) is 0 Å². The number of aryl methyl sites for hydroxylation is 1. The van der Waals surface area contributed by atoms with Crippen molar-refractivity contribution >= 4 is 27.7 Å². The Balaban J connectivity index is 2.14. The van der Waals surface area contributed by atoms with Gasteiger partial charge in [-0.1, -0.05) is 47.1 Å². The van der Waals surface area contributed by atoms with Crippen LogP contribution in [0.1, 0.15) is 38.3 Å². The standard InChI is InChI=1S/C23H29BrN2O3/c1-5-17(3)25-23(28)18(4)26(14-19-9-11-20(24)12-10-19)22(27)15-29-21-8-6-7-16(2)13-21/h6-13,17-18H,5,14-15H2,1-4H3,(H,25,28)/t17-,18-/m1/s1. The summed E-state index contributed by atoms with van der Waals surface area (Å²) in [6, 6.07) is 14.7. The Hall–Kier alpha value is -2.34. The van der Waals surface area contributed by atoms with Crippen LogP contribution < -0.4 is 10.1 Å². The number of halogens is 1. The van der Waals surface area contributed by atoms with Crippen LogP contribution in [0.4, 0.5) is 0 Å². The zero-order valence-corrected chi connectivity index (χ0v) is 19.0. The average Bonchev–Trinajstić information content (AvgIpc) is 2.71. The molecule has 0 aromatic heterocycles. The third-order valence-electron chi connectivity index (χ3n) is 4.79. The Bertz CT molecular complexity index is 823. The normalized spacial score (nSPS) is 12.7. The van der Waals surface area contributed by atoms with Crippen molar-refractivity contribution in [3.63, 3.8) is 0 Å². The fraction of sp³-hybridized carbons (Fsp3) is 0.391. The Labute approximate surface area is 181 Å². The molecule has 0 saturated carbocycles. The molecular formula is C23H29BrN2O3. The monoisotopic (exact) mass is 460 g/mol. The molecule has 1 N–H and O–H groups in total. The first kappa shape index (κ1) is 22.9. The van der Waals surface area contributed by atoms with Crippen molar-refractivity contribution in [2.45, 2.75) is 52.7 Å². The van der Waals surface area contributed by atoms with Gasteiger partial charge in [0.05, 0.1) is 0 Å². The summed E-state index contributed by atoms with van der Waals surface area (Å²) in [7, 11) is 0. The van der Waals surface area contributed by atoms with Gasteiger partial charge < -0.3 is 15.0 Å². The van der Waals surface area contributed by atoms with Crippen LogP contribution in [0.2, 0.25) is 0 Å². The molecule has 2 aromatic rings. The third kappa shape index (κ3) is 7.20. The first-order valence-electron chi connectivity index (χ1n) is 9.84. The zero-order chi connectivity index (χ0) is 21.4. The van der Waals surface area contributed by atoms with E-state index in [1.807, 2.05) is 69.3 Å². The number of ether oxygens (including phenoxy) is 1. The summed E-state index contributed by atoms with van der Waals surface area (Å²) in [6.45, 7) is 7.89. The Morgan fingerprint density at radius 3 is 2.45 bits per heavy atom. The number of carbonyl (C=O) groups excluding carboxylic acids is 2. The van der Waals surface area contributed by atoms with Crippen LogP contribution in [0.3, 0.4) is 0 Å². The molecule has 5 nitrogen and oxygen atoms in total. The molecular weight excluding hydrogens is 432 g/mol. The summed E-state index contributed by atoms with van der Waals surface area (Å²) in [5.41, 5.74) is 2.00. The van der Waals surface area contributed by atoms with Gasteiger partial charge in [0, 0.05) is 17.1 Å². The van der Waals surface area contributed by atoms with E-state index in [2.05, 4.69) is 21.2 Å².